The minimum atomic E-state index is -0.750. The lowest BCUT2D eigenvalue weighted by Gasteiger charge is -1.90. The SMILES string of the molecule is C=CCNCC=C.O=S=O. The molecule has 0 heterocycles. The molecule has 0 aliphatic rings. The first-order valence-electron chi connectivity index (χ1n) is 2.67. The third-order valence-corrected chi connectivity index (χ3v) is 0.577. The van der Waals surface area contributed by atoms with Crippen molar-refractivity contribution in [3.63, 3.8) is 0 Å². The smallest absolute Gasteiger partial charge is 0.310 e. The van der Waals surface area contributed by atoms with Gasteiger partial charge in [-0.15, -0.1) is 13.2 Å². The van der Waals surface area contributed by atoms with E-state index < -0.39 is 11.6 Å². The Balaban J connectivity index is 0. The van der Waals surface area contributed by atoms with Crippen LogP contribution < -0.4 is 5.32 Å². The van der Waals surface area contributed by atoms with Gasteiger partial charge in [-0.2, -0.15) is 8.42 Å². The number of hydrogen-bond donors (Lipinski definition) is 1. The third kappa shape index (κ3) is 26.8. The van der Waals surface area contributed by atoms with Gasteiger partial charge in [-0.1, -0.05) is 12.2 Å². The topological polar surface area (TPSA) is 46.2 Å². The first-order valence-corrected chi connectivity index (χ1v) is 3.34. The molecule has 3 nitrogen and oxygen atoms in total. The van der Waals surface area contributed by atoms with Crippen LogP contribution >= 0.6 is 0 Å². The molecule has 0 rings (SSSR count). The molecule has 0 saturated heterocycles. The Bertz CT molecular complexity index is 111. The highest BCUT2D eigenvalue weighted by Crippen LogP contribution is 1.59. The molecule has 58 valence electrons. The van der Waals surface area contributed by atoms with E-state index in [1.165, 1.54) is 0 Å². The summed E-state index contributed by atoms with van der Waals surface area (Å²) in [6, 6.07) is 0. The summed E-state index contributed by atoms with van der Waals surface area (Å²) in [5, 5.41) is 3.05. The van der Waals surface area contributed by atoms with Gasteiger partial charge in [-0.25, -0.2) is 0 Å². The van der Waals surface area contributed by atoms with Crippen LogP contribution in [0.3, 0.4) is 0 Å². The quantitative estimate of drug-likeness (QED) is 0.476. The maximum Gasteiger partial charge on any atom is 0.335 e. The molecule has 0 radical (unpaired) electrons. The van der Waals surface area contributed by atoms with E-state index in [1.54, 1.807) is 0 Å². The van der Waals surface area contributed by atoms with E-state index in [0.717, 1.165) is 13.1 Å². The molecule has 0 aliphatic carbocycles. The zero-order chi connectivity index (χ0) is 8.24. The third-order valence-electron chi connectivity index (χ3n) is 0.577. The van der Waals surface area contributed by atoms with Gasteiger partial charge in [0.05, 0.1) is 0 Å². The van der Waals surface area contributed by atoms with Crippen molar-refractivity contribution >= 4 is 11.6 Å². The van der Waals surface area contributed by atoms with Gasteiger partial charge in [0, 0.05) is 13.1 Å². The molecule has 0 aliphatic heterocycles. The first-order chi connectivity index (χ1) is 4.83. The van der Waals surface area contributed by atoms with Gasteiger partial charge in [0.25, 0.3) is 0 Å². The lowest BCUT2D eigenvalue weighted by molar-refractivity contribution is 0.630. The Morgan fingerprint density at radius 3 is 1.70 bits per heavy atom. The molecule has 0 bridgehead atoms. The number of rotatable bonds is 4. The van der Waals surface area contributed by atoms with Crippen molar-refractivity contribution in [2.45, 2.75) is 0 Å². The fourth-order valence-corrected chi connectivity index (χ4v) is 0.287. The molecule has 0 aromatic heterocycles. The van der Waals surface area contributed by atoms with E-state index in [9.17, 15) is 0 Å². The van der Waals surface area contributed by atoms with Gasteiger partial charge in [0.15, 0.2) is 0 Å². The molecule has 0 amide bonds. The predicted octanol–water partition coefficient (Wildman–Crippen LogP) is 0.278. The molecule has 0 spiro atoms. The molecular formula is C6H11NO2S. The number of hydrogen-bond acceptors (Lipinski definition) is 3. The summed E-state index contributed by atoms with van der Waals surface area (Å²) in [7, 11) is 0. The molecular weight excluding hydrogens is 150 g/mol. The molecule has 10 heavy (non-hydrogen) atoms. The van der Waals surface area contributed by atoms with Crippen LogP contribution in [0, 0.1) is 0 Å². The first kappa shape index (κ1) is 12.0. The second-order valence-electron chi connectivity index (χ2n) is 1.30. The van der Waals surface area contributed by atoms with E-state index in [-0.39, 0.29) is 0 Å². The maximum absolute atomic E-state index is 8.29. The summed E-state index contributed by atoms with van der Waals surface area (Å²) in [4.78, 5) is 0. The summed E-state index contributed by atoms with van der Waals surface area (Å²) in [6.45, 7) is 8.81. The standard InChI is InChI=1S/C6H11N.O2S/c1-3-5-7-6-4-2;1-3-2/h3-4,7H,1-2,5-6H2;. The van der Waals surface area contributed by atoms with Crippen LogP contribution in [0.2, 0.25) is 0 Å². The van der Waals surface area contributed by atoms with E-state index in [1.807, 2.05) is 12.2 Å². The summed E-state index contributed by atoms with van der Waals surface area (Å²) in [5.74, 6) is 0. The van der Waals surface area contributed by atoms with Gasteiger partial charge in [0.1, 0.15) is 0 Å². The monoisotopic (exact) mass is 161 g/mol. The highest BCUT2D eigenvalue weighted by Gasteiger charge is 1.69. The highest BCUT2D eigenvalue weighted by molar-refractivity contribution is 7.51. The van der Waals surface area contributed by atoms with Crippen molar-refractivity contribution in [3.8, 4) is 0 Å². The summed E-state index contributed by atoms with van der Waals surface area (Å²) in [5.41, 5.74) is 0. The molecule has 0 fully saturated rings. The zero-order valence-corrected chi connectivity index (χ0v) is 6.52. The van der Waals surface area contributed by atoms with E-state index >= 15 is 0 Å². The summed E-state index contributed by atoms with van der Waals surface area (Å²) < 4.78 is 16.6. The van der Waals surface area contributed by atoms with Crippen molar-refractivity contribution in [2.75, 3.05) is 13.1 Å². The van der Waals surface area contributed by atoms with Crippen LogP contribution in [0.1, 0.15) is 0 Å². The van der Waals surface area contributed by atoms with E-state index in [4.69, 9.17) is 8.42 Å². The molecule has 0 aromatic rings. The van der Waals surface area contributed by atoms with Crippen LogP contribution in [0.4, 0.5) is 0 Å². The summed E-state index contributed by atoms with van der Waals surface area (Å²) in [6.07, 6.45) is 3.65. The van der Waals surface area contributed by atoms with Crippen molar-refractivity contribution in [1.29, 1.82) is 0 Å². The van der Waals surface area contributed by atoms with Gasteiger partial charge in [-0.05, 0) is 0 Å². The molecule has 1 N–H and O–H groups in total. The van der Waals surface area contributed by atoms with Crippen molar-refractivity contribution in [3.05, 3.63) is 25.3 Å². The number of nitrogens with one attached hydrogen (secondary N) is 1. The van der Waals surface area contributed by atoms with Crippen LogP contribution in [0.15, 0.2) is 25.3 Å². The molecule has 0 atom stereocenters. The Hall–Kier alpha value is -0.740. The normalized spacial score (nSPS) is 6.80. The molecule has 0 saturated carbocycles. The fourth-order valence-electron chi connectivity index (χ4n) is 0.287. The van der Waals surface area contributed by atoms with Crippen LogP contribution in [-0.2, 0) is 11.6 Å². The van der Waals surface area contributed by atoms with Gasteiger partial charge in [-0.3, -0.25) is 0 Å². The summed E-state index contributed by atoms with van der Waals surface area (Å²) >= 11 is -0.750. The fraction of sp³-hybridized carbons (Fsp3) is 0.333. The van der Waals surface area contributed by atoms with Gasteiger partial charge in [0.2, 0.25) is 0 Å². The largest absolute Gasteiger partial charge is 0.335 e. The second-order valence-corrected chi connectivity index (χ2v) is 1.44. The minimum absolute atomic E-state index is 0.750. The van der Waals surface area contributed by atoms with Crippen LogP contribution in [-0.4, -0.2) is 21.5 Å². The van der Waals surface area contributed by atoms with E-state index in [0.29, 0.717) is 0 Å². The van der Waals surface area contributed by atoms with Gasteiger partial charge < -0.3 is 5.32 Å². The second kappa shape index (κ2) is 15.7. The lowest BCUT2D eigenvalue weighted by atomic mass is 10.5. The average molecular weight is 161 g/mol. The Kier molecular flexibility index (Phi) is 18.9. The lowest BCUT2D eigenvalue weighted by Crippen LogP contribution is -2.11. The average Bonchev–Trinajstić information content (AvgIpc) is 1.91. The Labute approximate surface area is 64.4 Å². The van der Waals surface area contributed by atoms with E-state index in [2.05, 4.69) is 18.5 Å². The Morgan fingerprint density at radius 1 is 1.20 bits per heavy atom. The molecule has 0 unspecified atom stereocenters. The molecule has 4 heteroatoms. The Morgan fingerprint density at radius 2 is 1.50 bits per heavy atom. The zero-order valence-electron chi connectivity index (χ0n) is 5.71. The van der Waals surface area contributed by atoms with Crippen molar-refractivity contribution in [2.24, 2.45) is 0 Å². The van der Waals surface area contributed by atoms with Crippen molar-refractivity contribution in [1.82, 2.24) is 5.32 Å². The molecule has 0 aromatic carbocycles. The van der Waals surface area contributed by atoms with Gasteiger partial charge >= 0.3 is 11.6 Å². The minimum Gasteiger partial charge on any atom is -0.310 e. The van der Waals surface area contributed by atoms with Crippen LogP contribution in [0.5, 0.6) is 0 Å². The predicted molar refractivity (Wildman–Crippen MR) is 42.2 cm³/mol. The van der Waals surface area contributed by atoms with Crippen LogP contribution in [0.25, 0.3) is 0 Å². The van der Waals surface area contributed by atoms with Crippen molar-refractivity contribution < 1.29 is 8.42 Å². The highest BCUT2D eigenvalue weighted by atomic mass is 32.1. The maximum atomic E-state index is 8.29.